The van der Waals surface area contributed by atoms with Gasteiger partial charge >= 0.3 is 0 Å². The lowest BCUT2D eigenvalue weighted by Gasteiger charge is -2.24. The van der Waals surface area contributed by atoms with Crippen molar-refractivity contribution in [2.24, 2.45) is 11.7 Å². The molecule has 1 fully saturated rings. The van der Waals surface area contributed by atoms with Gasteiger partial charge in [-0.2, -0.15) is 0 Å². The summed E-state index contributed by atoms with van der Waals surface area (Å²) in [7, 11) is 0. The molecule has 1 aliphatic carbocycles. The standard InChI is InChI=1S/C15H21NO/c16-11-14(12-7-3-1-4-8-12)15(17)13-9-5-2-6-10-13/h1,3-4,7-8,13-14H,2,5-6,9-11,16H2. The third-order valence-corrected chi connectivity index (χ3v) is 3.79. The van der Waals surface area contributed by atoms with E-state index in [-0.39, 0.29) is 11.8 Å². The van der Waals surface area contributed by atoms with E-state index in [4.69, 9.17) is 5.73 Å². The number of Topliss-reactive ketones (excluding diaryl/α,β-unsaturated/α-hetero) is 1. The Morgan fingerprint density at radius 3 is 2.41 bits per heavy atom. The van der Waals surface area contributed by atoms with E-state index in [9.17, 15) is 4.79 Å². The Morgan fingerprint density at radius 2 is 1.82 bits per heavy atom. The monoisotopic (exact) mass is 231 g/mol. The zero-order chi connectivity index (χ0) is 12.1. The Labute approximate surface area is 103 Å². The van der Waals surface area contributed by atoms with Gasteiger partial charge in [0.1, 0.15) is 5.78 Å². The molecule has 0 saturated heterocycles. The summed E-state index contributed by atoms with van der Waals surface area (Å²) in [5.41, 5.74) is 6.87. The molecule has 2 nitrogen and oxygen atoms in total. The molecule has 0 radical (unpaired) electrons. The van der Waals surface area contributed by atoms with Crippen LogP contribution >= 0.6 is 0 Å². The predicted molar refractivity (Wildman–Crippen MR) is 69.8 cm³/mol. The first kappa shape index (κ1) is 12.3. The van der Waals surface area contributed by atoms with Gasteiger partial charge < -0.3 is 5.73 Å². The van der Waals surface area contributed by atoms with E-state index in [0.29, 0.717) is 12.3 Å². The molecular weight excluding hydrogens is 210 g/mol. The van der Waals surface area contributed by atoms with Gasteiger partial charge in [0.25, 0.3) is 0 Å². The summed E-state index contributed by atoms with van der Waals surface area (Å²) < 4.78 is 0. The van der Waals surface area contributed by atoms with Crippen LogP contribution in [0.25, 0.3) is 0 Å². The highest BCUT2D eigenvalue weighted by molar-refractivity contribution is 5.88. The van der Waals surface area contributed by atoms with Crippen LogP contribution in [-0.2, 0) is 4.79 Å². The zero-order valence-corrected chi connectivity index (χ0v) is 10.3. The van der Waals surface area contributed by atoms with E-state index in [1.54, 1.807) is 0 Å². The average molecular weight is 231 g/mol. The quantitative estimate of drug-likeness (QED) is 0.865. The molecule has 2 N–H and O–H groups in total. The number of rotatable bonds is 4. The fourth-order valence-corrected chi connectivity index (χ4v) is 2.77. The summed E-state index contributed by atoms with van der Waals surface area (Å²) in [6.07, 6.45) is 5.79. The van der Waals surface area contributed by atoms with Crippen molar-refractivity contribution in [3.05, 3.63) is 35.9 Å². The molecule has 1 unspecified atom stereocenters. The van der Waals surface area contributed by atoms with Crippen molar-refractivity contribution in [3.63, 3.8) is 0 Å². The highest BCUT2D eigenvalue weighted by atomic mass is 16.1. The Kier molecular flexibility index (Phi) is 4.32. The van der Waals surface area contributed by atoms with Crippen LogP contribution < -0.4 is 5.73 Å². The van der Waals surface area contributed by atoms with Gasteiger partial charge in [-0.25, -0.2) is 0 Å². The van der Waals surface area contributed by atoms with Crippen molar-refractivity contribution in [2.45, 2.75) is 38.0 Å². The first-order valence-electron chi connectivity index (χ1n) is 6.61. The molecule has 17 heavy (non-hydrogen) atoms. The predicted octanol–water partition coefficient (Wildman–Crippen LogP) is 2.88. The number of hydrogen-bond donors (Lipinski definition) is 1. The van der Waals surface area contributed by atoms with E-state index >= 15 is 0 Å². The fraction of sp³-hybridized carbons (Fsp3) is 0.533. The second kappa shape index (κ2) is 5.97. The van der Waals surface area contributed by atoms with Crippen LogP contribution in [0.4, 0.5) is 0 Å². The number of hydrogen-bond acceptors (Lipinski definition) is 2. The van der Waals surface area contributed by atoms with Crippen LogP contribution in [0.15, 0.2) is 30.3 Å². The van der Waals surface area contributed by atoms with E-state index in [1.165, 1.54) is 19.3 Å². The lowest BCUT2D eigenvalue weighted by atomic mass is 9.79. The lowest BCUT2D eigenvalue weighted by molar-refractivity contribution is -0.125. The van der Waals surface area contributed by atoms with Crippen LogP contribution in [0.3, 0.4) is 0 Å². The molecule has 2 rings (SSSR count). The Morgan fingerprint density at radius 1 is 1.18 bits per heavy atom. The number of carbonyl (C=O) groups is 1. The molecule has 1 aliphatic rings. The number of ketones is 1. The molecule has 0 amide bonds. The number of nitrogens with two attached hydrogens (primary N) is 1. The Hall–Kier alpha value is -1.15. The highest BCUT2D eigenvalue weighted by Crippen LogP contribution is 2.29. The van der Waals surface area contributed by atoms with Crippen molar-refractivity contribution in [2.75, 3.05) is 6.54 Å². The zero-order valence-electron chi connectivity index (χ0n) is 10.3. The van der Waals surface area contributed by atoms with Gasteiger partial charge in [-0.1, -0.05) is 49.6 Å². The fourth-order valence-electron chi connectivity index (χ4n) is 2.77. The topological polar surface area (TPSA) is 43.1 Å². The van der Waals surface area contributed by atoms with Crippen molar-refractivity contribution < 1.29 is 4.79 Å². The number of benzene rings is 1. The summed E-state index contributed by atoms with van der Waals surface area (Å²) >= 11 is 0. The smallest absolute Gasteiger partial charge is 0.144 e. The summed E-state index contributed by atoms with van der Waals surface area (Å²) in [6, 6.07) is 9.96. The van der Waals surface area contributed by atoms with Crippen molar-refractivity contribution >= 4 is 5.78 Å². The maximum Gasteiger partial charge on any atom is 0.144 e. The van der Waals surface area contributed by atoms with Crippen molar-refractivity contribution in [3.8, 4) is 0 Å². The molecule has 1 saturated carbocycles. The van der Waals surface area contributed by atoms with Gasteiger partial charge in [-0.05, 0) is 18.4 Å². The van der Waals surface area contributed by atoms with E-state index in [2.05, 4.69) is 0 Å². The normalized spacial score (nSPS) is 18.9. The van der Waals surface area contributed by atoms with E-state index in [0.717, 1.165) is 18.4 Å². The van der Waals surface area contributed by atoms with Crippen LogP contribution in [-0.4, -0.2) is 12.3 Å². The maximum atomic E-state index is 12.4. The van der Waals surface area contributed by atoms with Crippen molar-refractivity contribution in [1.29, 1.82) is 0 Å². The Bertz CT molecular complexity index is 354. The van der Waals surface area contributed by atoms with Crippen LogP contribution in [0, 0.1) is 5.92 Å². The molecule has 0 heterocycles. The minimum absolute atomic E-state index is 0.0979. The molecular formula is C15H21NO. The van der Waals surface area contributed by atoms with Crippen LogP contribution in [0.2, 0.25) is 0 Å². The van der Waals surface area contributed by atoms with E-state index in [1.807, 2.05) is 30.3 Å². The van der Waals surface area contributed by atoms with Gasteiger partial charge in [0.05, 0.1) is 5.92 Å². The summed E-state index contributed by atoms with van der Waals surface area (Å²) in [5, 5.41) is 0. The second-order valence-corrected chi connectivity index (χ2v) is 4.94. The molecule has 0 bridgehead atoms. The SMILES string of the molecule is NCC(C(=O)C1CCCCC1)c1ccccc1. The van der Waals surface area contributed by atoms with Gasteiger partial charge in [-0.3, -0.25) is 4.79 Å². The van der Waals surface area contributed by atoms with Gasteiger partial charge in [0, 0.05) is 12.5 Å². The summed E-state index contributed by atoms with van der Waals surface area (Å²) in [5.74, 6) is 0.509. The minimum Gasteiger partial charge on any atom is -0.329 e. The van der Waals surface area contributed by atoms with Gasteiger partial charge in [0.15, 0.2) is 0 Å². The van der Waals surface area contributed by atoms with Gasteiger partial charge in [-0.15, -0.1) is 0 Å². The molecule has 2 heteroatoms. The minimum atomic E-state index is -0.0979. The lowest BCUT2D eigenvalue weighted by Crippen LogP contribution is -2.29. The van der Waals surface area contributed by atoms with Crippen molar-refractivity contribution in [1.82, 2.24) is 0 Å². The molecule has 1 atom stereocenters. The Balaban J connectivity index is 2.10. The largest absolute Gasteiger partial charge is 0.329 e. The van der Waals surface area contributed by atoms with Crippen LogP contribution in [0.5, 0.6) is 0 Å². The van der Waals surface area contributed by atoms with E-state index < -0.39 is 0 Å². The molecule has 0 aromatic heterocycles. The molecule has 1 aromatic carbocycles. The molecule has 0 spiro atoms. The van der Waals surface area contributed by atoms with Gasteiger partial charge in [0.2, 0.25) is 0 Å². The third-order valence-electron chi connectivity index (χ3n) is 3.79. The summed E-state index contributed by atoms with van der Waals surface area (Å²) in [4.78, 5) is 12.4. The third kappa shape index (κ3) is 2.95. The average Bonchev–Trinajstić information content (AvgIpc) is 2.42. The first-order valence-corrected chi connectivity index (χ1v) is 6.61. The number of carbonyl (C=O) groups excluding carboxylic acids is 1. The molecule has 0 aliphatic heterocycles. The molecule has 1 aromatic rings. The maximum absolute atomic E-state index is 12.4. The van der Waals surface area contributed by atoms with Crippen LogP contribution in [0.1, 0.15) is 43.6 Å². The second-order valence-electron chi connectivity index (χ2n) is 4.94. The first-order chi connectivity index (χ1) is 8.33. The summed E-state index contributed by atoms with van der Waals surface area (Å²) in [6.45, 7) is 0.430. The molecule has 92 valence electrons. The highest BCUT2D eigenvalue weighted by Gasteiger charge is 2.28.